The molecule has 4 spiro atoms. The van der Waals surface area contributed by atoms with Crippen molar-refractivity contribution in [3.63, 3.8) is 0 Å². The fourth-order valence-electron chi connectivity index (χ4n) is 16.7. The number of carbonyl (C=O) groups excluding carboxylic acids is 1. The summed E-state index contributed by atoms with van der Waals surface area (Å²) >= 11 is 0. The van der Waals surface area contributed by atoms with E-state index in [-0.39, 0.29) is 68.2 Å². The molecule has 4 aliphatic carbocycles. The molecule has 8 aliphatic heterocycles. The Morgan fingerprint density at radius 1 is 0.618 bits per heavy atom. The van der Waals surface area contributed by atoms with Gasteiger partial charge in [0.2, 0.25) is 5.60 Å². The number of carbonyl (C=O) groups is 1. The molecule has 55 heavy (non-hydrogen) atoms. The van der Waals surface area contributed by atoms with Crippen LogP contribution >= 0.6 is 0 Å². The zero-order valence-electron chi connectivity index (χ0n) is 32.3. The van der Waals surface area contributed by atoms with Crippen LogP contribution in [0.3, 0.4) is 0 Å². The smallest absolute Gasteiger partial charge is 0.342 e. The number of aliphatic hydroxyl groups is 4. The average molecular weight is 779 g/mol. The van der Waals surface area contributed by atoms with Crippen molar-refractivity contribution in [2.45, 2.75) is 168 Å². The molecule has 13 nitrogen and oxygen atoms in total. The molecule has 12 rings (SSSR count). The molecule has 12 aliphatic rings. The van der Waals surface area contributed by atoms with Gasteiger partial charge in [0.25, 0.3) is 0 Å². The lowest BCUT2D eigenvalue weighted by molar-refractivity contribution is -0.244. The van der Waals surface area contributed by atoms with Gasteiger partial charge >= 0.3 is 5.97 Å². The SMILES string of the molecule is C.C.C[C@@H]1COC2CC34C5C[C@@H](C(C)(C)C)C36C(OC[C@@H]6O)O[C@@]4(C(=O)O5)[C@]21O.C[C@@H]1COC2CC34C5C[C@@H](C(C)(C)C)C36C(OC[C@@H]6O)O[C@@]4(CO5)[C@]21O. The second kappa shape index (κ2) is 10.8. The zero-order valence-corrected chi connectivity index (χ0v) is 32.3. The van der Waals surface area contributed by atoms with E-state index >= 15 is 0 Å². The molecule has 0 bridgehead atoms. The van der Waals surface area contributed by atoms with Gasteiger partial charge in [-0.05, 0) is 48.3 Å². The molecule has 20 atom stereocenters. The molecule has 8 saturated heterocycles. The molecule has 0 amide bonds. The molecule has 0 radical (unpaired) electrons. The number of ether oxygens (including phenoxy) is 8. The first kappa shape index (κ1) is 39.5. The Kier molecular flexibility index (Phi) is 7.79. The van der Waals surface area contributed by atoms with Gasteiger partial charge in [0.05, 0.1) is 79.8 Å². The van der Waals surface area contributed by atoms with Crippen LogP contribution in [0.4, 0.5) is 0 Å². The zero-order chi connectivity index (χ0) is 37.5. The van der Waals surface area contributed by atoms with E-state index in [0.29, 0.717) is 45.7 Å². The monoisotopic (exact) mass is 778 g/mol. The standard InChI is InChI=1S/C20H28O7.C20H30O6.2CH4/c1-9-7-24-13-6-17-12-5-10(16(2,3)4)18(17)11(21)8-25-15(18)27-20(17,14(22)26-12)19(9,13)23;1-10-7-23-14-6-17-13-5-11(16(2,3)4)19(17)12(21)8-24-15(19)26-18(17,9-25-13)20(10,14)22;;/h9-13,15,21,23H,5-8H2,1-4H3;10-15,21-22H,5-9H2,1-4H3;2*1H4/t9-,10+,11+,12?,13?,15?,17?,18?,19-,20-;10-,11+,12+,13?,14?,15?,17?,18-,19?,20-;;/m11../s1. The molecule has 10 unspecified atom stereocenters. The third-order valence-corrected chi connectivity index (χ3v) is 18.3. The van der Waals surface area contributed by atoms with Crippen LogP contribution in [0.25, 0.3) is 0 Å². The Labute approximate surface area is 325 Å². The molecule has 13 heteroatoms. The lowest BCUT2D eigenvalue weighted by Crippen LogP contribution is -2.66. The van der Waals surface area contributed by atoms with E-state index < -0.39 is 87.0 Å². The van der Waals surface area contributed by atoms with Crippen molar-refractivity contribution in [2.75, 3.05) is 33.0 Å². The predicted octanol–water partition coefficient (Wildman–Crippen LogP) is 2.96. The average Bonchev–Trinajstić information content (AvgIpc) is 3.94. The van der Waals surface area contributed by atoms with Crippen molar-refractivity contribution in [3.8, 4) is 0 Å². The first-order valence-electron chi connectivity index (χ1n) is 20.2. The molecule has 0 aromatic heterocycles. The number of rotatable bonds is 0. The van der Waals surface area contributed by atoms with Gasteiger partial charge < -0.3 is 58.3 Å². The summed E-state index contributed by atoms with van der Waals surface area (Å²) in [6.07, 6.45) is -1.10. The third-order valence-electron chi connectivity index (χ3n) is 18.3. The van der Waals surface area contributed by atoms with Crippen LogP contribution in [0.15, 0.2) is 0 Å². The van der Waals surface area contributed by atoms with Crippen molar-refractivity contribution in [1.29, 1.82) is 0 Å². The summed E-state index contributed by atoms with van der Waals surface area (Å²) in [6, 6.07) is 0. The van der Waals surface area contributed by atoms with E-state index in [1.165, 1.54) is 0 Å². The van der Waals surface area contributed by atoms with Crippen molar-refractivity contribution in [3.05, 3.63) is 0 Å². The van der Waals surface area contributed by atoms with Crippen LogP contribution in [0, 0.1) is 56.2 Å². The quantitative estimate of drug-likeness (QED) is 0.265. The summed E-state index contributed by atoms with van der Waals surface area (Å²) in [5, 5.41) is 46.5. The van der Waals surface area contributed by atoms with Gasteiger partial charge in [-0.3, -0.25) is 0 Å². The molecule has 12 fully saturated rings. The summed E-state index contributed by atoms with van der Waals surface area (Å²) in [4.78, 5) is 13.3. The van der Waals surface area contributed by atoms with Gasteiger partial charge in [0.15, 0.2) is 12.6 Å². The highest BCUT2D eigenvalue weighted by atomic mass is 16.7. The molecule has 4 N–H and O–H groups in total. The number of fused-ring (bicyclic) bond motifs is 2. The van der Waals surface area contributed by atoms with Crippen LogP contribution in [0.2, 0.25) is 0 Å². The third kappa shape index (κ3) is 3.42. The minimum atomic E-state index is -1.53. The summed E-state index contributed by atoms with van der Waals surface area (Å²) in [6.45, 7) is 18.8. The fourth-order valence-corrected chi connectivity index (χ4v) is 16.7. The number of hydrogen-bond acceptors (Lipinski definition) is 13. The molecule has 312 valence electrons. The van der Waals surface area contributed by atoms with E-state index in [1.807, 2.05) is 13.8 Å². The highest BCUT2D eigenvalue weighted by Gasteiger charge is 2.99. The Balaban J connectivity index is 0.000000139. The molecule has 4 saturated carbocycles. The Hall–Kier alpha value is -0.970. The highest BCUT2D eigenvalue weighted by Crippen LogP contribution is 2.86. The topological polar surface area (TPSA) is 172 Å². The molecule has 0 aromatic rings. The van der Waals surface area contributed by atoms with Crippen LogP contribution < -0.4 is 0 Å². The van der Waals surface area contributed by atoms with Gasteiger partial charge in [-0.1, -0.05) is 70.2 Å². The Bertz CT molecular complexity index is 1660. The summed E-state index contributed by atoms with van der Waals surface area (Å²) in [5.74, 6) is -0.579. The van der Waals surface area contributed by atoms with Crippen LogP contribution in [0.5, 0.6) is 0 Å². The summed E-state index contributed by atoms with van der Waals surface area (Å²) < 4.78 is 49.4. The number of aliphatic hydroxyl groups excluding tert-OH is 2. The highest BCUT2D eigenvalue weighted by molar-refractivity contribution is 5.89. The van der Waals surface area contributed by atoms with Crippen molar-refractivity contribution < 1.29 is 63.1 Å². The second-order valence-corrected chi connectivity index (χ2v) is 21.4. The van der Waals surface area contributed by atoms with Crippen molar-refractivity contribution in [1.82, 2.24) is 0 Å². The normalized spacial score (nSPS) is 61.9. The maximum atomic E-state index is 13.3. The lowest BCUT2D eigenvalue weighted by atomic mass is 9.51. The van der Waals surface area contributed by atoms with Gasteiger partial charge in [-0.25, -0.2) is 4.79 Å². The van der Waals surface area contributed by atoms with Gasteiger partial charge in [0, 0.05) is 17.3 Å². The number of esters is 1. The molecule has 8 heterocycles. The van der Waals surface area contributed by atoms with Gasteiger partial charge in [0.1, 0.15) is 22.9 Å². The largest absolute Gasteiger partial charge is 0.459 e. The molecule has 0 aromatic carbocycles. The van der Waals surface area contributed by atoms with E-state index in [4.69, 9.17) is 37.9 Å². The summed E-state index contributed by atoms with van der Waals surface area (Å²) in [5.41, 5.74) is -7.72. The van der Waals surface area contributed by atoms with Crippen molar-refractivity contribution >= 4 is 5.97 Å². The fraction of sp³-hybridized carbons (Fsp3) is 0.976. The first-order valence-corrected chi connectivity index (χ1v) is 20.2. The van der Waals surface area contributed by atoms with Gasteiger partial charge in [-0.15, -0.1) is 0 Å². The maximum absolute atomic E-state index is 13.3. The van der Waals surface area contributed by atoms with E-state index in [1.54, 1.807) is 0 Å². The molecular weight excluding hydrogens is 712 g/mol. The van der Waals surface area contributed by atoms with Gasteiger partial charge in [-0.2, -0.15) is 0 Å². The van der Waals surface area contributed by atoms with Crippen molar-refractivity contribution in [2.24, 2.45) is 56.2 Å². The lowest BCUT2D eigenvalue weighted by Gasteiger charge is -2.49. The van der Waals surface area contributed by atoms with Crippen LogP contribution in [0.1, 0.15) is 95.9 Å². The van der Waals surface area contributed by atoms with E-state index in [0.717, 1.165) is 6.42 Å². The summed E-state index contributed by atoms with van der Waals surface area (Å²) in [7, 11) is 0. The maximum Gasteiger partial charge on any atom is 0.342 e. The van der Waals surface area contributed by atoms with E-state index in [9.17, 15) is 25.2 Å². The minimum Gasteiger partial charge on any atom is -0.459 e. The molecular formula is C42H66O13. The Morgan fingerprint density at radius 2 is 1.11 bits per heavy atom. The predicted molar refractivity (Wildman–Crippen MR) is 194 cm³/mol. The second-order valence-electron chi connectivity index (χ2n) is 21.4. The Morgan fingerprint density at radius 3 is 1.69 bits per heavy atom. The minimum absolute atomic E-state index is 0. The first-order chi connectivity index (χ1) is 24.7. The van der Waals surface area contributed by atoms with E-state index in [2.05, 4.69) is 41.5 Å². The van der Waals surface area contributed by atoms with Crippen LogP contribution in [-0.2, 0) is 42.7 Å². The number of hydrogen-bond donors (Lipinski definition) is 4. The van der Waals surface area contributed by atoms with Crippen LogP contribution in [-0.4, -0.2) is 131 Å².